The number of likely N-dealkylation sites (tertiary alicyclic amines) is 1. The molecule has 11 heteroatoms. The van der Waals surface area contributed by atoms with Crippen molar-refractivity contribution in [3.8, 4) is 5.75 Å². The number of aromatic nitrogens is 1. The average Bonchev–Trinajstić information content (AvgIpc) is 3.46. The van der Waals surface area contributed by atoms with E-state index in [4.69, 9.17) is 4.74 Å². The van der Waals surface area contributed by atoms with Gasteiger partial charge in [-0.05, 0) is 81.8 Å². The summed E-state index contributed by atoms with van der Waals surface area (Å²) >= 11 is 0. The minimum Gasteiger partial charge on any atom is -0.496 e. The minimum atomic E-state index is -0.369. The number of piperidine rings is 1. The third kappa shape index (κ3) is 6.61. The van der Waals surface area contributed by atoms with Crippen LogP contribution in [0.4, 0.5) is 4.39 Å². The number of nitrogens with zero attached hydrogens (tertiary/aromatic N) is 4. The number of halogens is 1. The van der Waals surface area contributed by atoms with Gasteiger partial charge in [-0.1, -0.05) is 6.07 Å². The SMILES string of the molecule is COc1cccc(F)c1CN1C[C@H](NC(=O)C2CCC3NNC(c4ccnc(C)c4)C3C2)CC[C@H]1C(=O)N1CCN(C)CC1. The molecule has 4 aliphatic rings. The average molecular weight is 608 g/mol. The number of nitrogens with one attached hydrogen (secondary N) is 3. The first-order chi connectivity index (χ1) is 21.3. The van der Waals surface area contributed by atoms with Crippen molar-refractivity contribution in [1.29, 1.82) is 0 Å². The second-order valence-electron chi connectivity index (χ2n) is 13.1. The number of rotatable bonds is 7. The van der Waals surface area contributed by atoms with Crippen LogP contribution in [0.3, 0.4) is 0 Å². The fraction of sp³-hybridized carbons (Fsp3) is 0.606. The van der Waals surface area contributed by atoms with Crippen molar-refractivity contribution >= 4 is 11.8 Å². The van der Waals surface area contributed by atoms with Crippen molar-refractivity contribution < 1.29 is 18.7 Å². The quantitative estimate of drug-likeness (QED) is 0.441. The maximum atomic E-state index is 15.1. The molecule has 1 saturated carbocycles. The molecule has 0 radical (unpaired) electrons. The van der Waals surface area contributed by atoms with Crippen LogP contribution < -0.4 is 20.9 Å². The predicted molar refractivity (Wildman–Crippen MR) is 165 cm³/mol. The van der Waals surface area contributed by atoms with Gasteiger partial charge in [-0.15, -0.1) is 0 Å². The Hall–Kier alpha value is -3.12. The molecule has 0 bridgehead atoms. The van der Waals surface area contributed by atoms with Gasteiger partial charge >= 0.3 is 0 Å². The van der Waals surface area contributed by atoms with Crippen molar-refractivity contribution in [2.24, 2.45) is 11.8 Å². The molecule has 1 aliphatic carbocycles. The van der Waals surface area contributed by atoms with Crippen LogP contribution >= 0.6 is 0 Å². The number of hydrogen-bond donors (Lipinski definition) is 3. The highest BCUT2D eigenvalue weighted by atomic mass is 19.1. The molecule has 238 valence electrons. The van der Waals surface area contributed by atoms with Crippen LogP contribution in [-0.4, -0.2) is 96.5 Å². The Bertz CT molecular complexity index is 1340. The molecule has 6 rings (SSSR count). The van der Waals surface area contributed by atoms with Crippen molar-refractivity contribution in [2.75, 3.05) is 46.9 Å². The molecular formula is C33H46FN7O3. The smallest absolute Gasteiger partial charge is 0.240 e. The van der Waals surface area contributed by atoms with Crippen LogP contribution in [0.15, 0.2) is 36.5 Å². The molecule has 0 spiro atoms. The van der Waals surface area contributed by atoms with Gasteiger partial charge in [0.15, 0.2) is 0 Å². The maximum Gasteiger partial charge on any atom is 0.240 e. The summed E-state index contributed by atoms with van der Waals surface area (Å²) in [5.41, 5.74) is 9.56. The van der Waals surface area contributed by atoms with Crippen molar-refractivity contribution in [3.63, 3.8) is 0 Å². The molecule has 4 fully saturated rings. The zero-order valence-corrected chi connectivity index (χ0v) is 26.1. The van der Waals surface area contributed by atoms with Gasteiger partial charge in [0, 0.05) is 74.7 Å². The van der Waals surface area contributed by atoms with Crippen molar-refractivity contribution in [2.45, 2.75) is 69.7 Å². The molecular weight excluding hydrogens is 561 g/mol. The number of benzene rings is 1. The van der Waals surface area contributed by atoms with E-state index < -0.39 is 0 Å². The van der Waals surface area contributed by atoms with Crippen LogP contribution in [0.25, 0.3) is 0 Å². The number of piperazine rings is 1. The summed E-state index contributed by atoms with van der Waals surface area (Å²) in [7, 11) is 3.60. The lowest BCUT2D eigenvalue weighted by Crippen LogP contribution is -2.59. The van der Waals surface area contributed by atoms with Crippen LogP contribution in [0.2, 0.25) is 0 Å². The lowest BCUT2D eigenvalue weighted by Gasteiger charge is -2.43. The molecule has 10 nitrogen and oxygen atoms in total. The summed E-state index contributed by atoms with van der Waals surface area (Å²) in [5.74, 6) is 0.524. The number of fused-ring (bicyclic) bond motifs is 1. The Labute approximate surface area is 259 Å². The Morgan fingerprint density at radius 2 is 1.91 bits per heavy atom. The number of pyridine rings is 1. The molecule has 3 aliphatic heterocycles. The monoisotopic (exact) mass is 607 g/mol. The zero-order valence-electron chi connectivity index (χ0n) is 26.1. The largest absolute Gasteiger partial charge is 0.496 e. The maximum absolute atomic E-state index is 15.1. The van der Waals surface area contributed by atoms with Gasteiger partial charge in [0.1, 0.15) is 11.6 Å². The number of methoxy groups -OCH3 is 1. The Morgan fingerprint density at radius 1 is 1.09 bits per heavy atom. The summed E-state index contributed by atoms with van der Waals surface area (Å²) in [6.07, 6.45) is 5.73. The summed E-state index contributed by atoms with van der Waals surface area (Å²) in [4.78, 5) is 38.1. The van der Waals surface area contributed by atoms with Gasteiger partial charge in [-0.25, -0.2) is 9.82 Å². The molecule has 3 N–H and O–H groups in total. The van der Waals surface area contributed by atoms with Gasteiger partial charge in [0.25, 0.3) is 0 Å². The van der Waals surface area contributed by atoms with Gasteiger partial charge in [0.2, 0.25) is 11.8 Å². The lowest BCUT2D eigenvalue weighted by atomic mass is 9.74. The fourth-order valence-electron chi connectivity index (χ4n) is 7.65. The first kappa shape index (κ1) is 30.9. The van der Waals surface area contributed by atoms with Crippen LogP contribution in [0.1, 0.15) is 55.0 Å². The lowest BCUT2D eigenvalue weighted by molar-refractivity contribution is -0.140. The van der Waals surface area contributed by atoms with E-state index in [1.807, 2.05) is 18.0 Å². The minimum absolute atomic E-state index is 0.0757. The first-order valence-electron chi connectivity index (χ1n) is 16.1. The van der Waals surface area contributed by atoms with Crippen LogP contribution in [-0.2, 0) is 16.1 Å². The molecule has 1 aromatic carbocycles. The molecule has 6 atom stereocenters. The van der Waals surface area contributed by atoms with Crippen LogP contribution in [0, 0.1) is 24.6 Å². The first-order valence-corrected chi connectivity index (χ1v) is 16.1. The number of amides is 2. The molecule has 2 aromatic rings. The van der Waals surface area contributed by atoms with Crippen molar-refractivity contribution in [3.05, 3.63) is 59.2 Å². The van der Waals surface area contributed by atoms with E-state index in [9.17, 15) is 9.59 Å². The van der Waals surface area contributed by atoms with E-state index in [0.717, 1.165) is 38.0 Å². The number of carbonyl (C=O) groups excluding carboxylic acids is 2. The standard InChI is InChI=1S/C33H46FN7O3/c1-21-17-22(11-12-35-21)31-25-18-23(7-9-28(25)37-38-31)32(42)36-24-8-10-29(33(43)40-15-13-39(2)14-16-40)41(19-24)20-26-27(34)5-4-6-30(26)44-3/h4-6,11-12,17,23-25,28-29,31,37-38H,7-10,13-16,18-20H2,1-3H3,(H,36,42)/t23?,24-,25?,28?,29+,31?/m1/s1. The molecule has 4 heterocycles. The van der Waals surface area contributed by atoms with Gasteiger partial charge in [0.05, 0.1) is 19.2 Å². The van der Waals surface area contributed by atoms with Crippen LogP contribution in [0.5, 0.6) is 5.75 Å². The van der Waals surface area contributed by atoms with E-state index in [-0.39, 0.29) is 48.2 Å². The number of hydrazine groups is 1. The van der Waals surface area contributed by atoms with E-state index in [2.05, 4.69) is 50.1 Å². The molecule has 4 unspecified atom stereocenters. The number of hydrogen-bond acceptors (Lipinski definition) is 8. The van der Waals surface area contributed by atoms with Gasteiger partial charge in [-0.3, -0.25) is 24.9 Å². The highest BCUT2D eigenvalue weighted by Gasteiger charge is 2.44. The van der Waals surface area contributed by atoms with Crippen molar-refractivity contribution in [1.82, 2.24) is 35.9 Å². The number of ether oxygens (including phenoxy) is 1. The summed E-state index contributed by atoms with van der Waals surface area (Å²) in [6.45, 7) is 5.78. The van der Waals surface area contributed by atoms with E-state index in [1.165, 1.54) is 18.7 Å². The summed E-state index contributed by atoms with van der Waals surface area (Å²) in [5, 5.41) is 3.35. The Kier molecular flexibility index (Phi) is 9.46. The number of carbonyl (C=O) groups is 2. The molecule has 44 heavy (non-hydrogen) atoms. The molecule has 1 aromatic heterocycles. The zero-order chi connectivity index (χ0) is 30.8. The molecule has 2 amide bonds. The third-order valence-electron chi connectivity index (χ3n) is 10.2. The predicted octanol–water partition coefficient (Wildman–Crippen LogP) is 2.39. The number of likely N-dealkylation sites (N-methyl/N-ethyl adjacent to an activating group) is 1. The van der Waals surface area contributed by atoms with E-state index >= 15 is 4.39 Å². The third-order valence-corrected chi connectivity index (χ3v) is 10.2. The topological polar surface area (TPSA) is 102 Å². The Balaban J connectivity index is 1.14. The normalized spacial score (nSPS) is 29.7. The molecule has 3 saturated heterocycles. The highest BCUT2D eigenvalue weighted by molar-refractivity contribution is 5.82. The van der Waals surface area contributed by atoms with E-state index in [1.54, 1.807) is 12.1 Å². The summed E-state index contributed by atoms with van der Waals surface area (Å²) in [6, 6.07) is 8.98. The number of aryl methyl sites for hydroxylation is 1. The highest BCUT2D eigenvalue weighted by Crippen LogP contribution is 2.40. The fourth-order valence-corrected chi connectivity index (χ4v) is 7.65. The van der Waals surface area contributed by atoms with E-state index in [0.29, 0.717) is 55.7 Å². The Morgan fingerprint density at radius 3 is 2.68 bits per heavy atom. The van der Waals surface area contributed by atoms with Gasteiger partial charge < -0.3 is 19.9 Å². The second-order valence-corrected chi connectivity index (χ2v) is 13.1. The summed E-state index contributed by atoms with van der Waals surface area (Å²) < 4.78 is 20.6. The second kappa shape index (κ2) is 13.5. The van der Waals surface area contributed by atoms with Gasteiger partial charge in [-0.2, -0.15) is 0 Å².